The molecule has 0 bridgehead atoms. The Morgan fingerprint density at radius 1 is 1.25 bits per heavy atom. The lowest BCUT2D eigenvalue weighted by molar-refractivity contribution is 0.00881. The van der Waals surface area contributed by atoms with Crippen molar-refractivity contribution in [3.8, 4) is 0 Å². The summed E-state index contributed by atoms with van der Waals surface area (Å²) in [6, 6.07) is -0.365. The lowest BCUT2D eigenvalue weighted by Gasteiger charge is -2.40. The number of hydrogen-bond acceptors (Lipinski definition) is 2. The van der Waals surface area contributed by atoms with Gasteiger partial charge in [-0.3, -0.25) is 4.90 Å². The van der Waals surface area contributed by atoms with Crippen LogP contribution in [0.25, 0.3) is 0 Å². The summed E-state index contributed by atoms with van der Waals surface area (Å²) in [5.41, 5.74) is -0.489. The van der Waals surface area contributed by atoms with E-state index in [9.17, 15) is 15.0 Å². The fraction of sp³-hybridized carbons (Fsp3) is 0.938. The average molecular weight is 285 g/mol. The number of hydrogen-bond donors (Lipinski definition) is 2. The van der Waals surface area contributed by atoms with Crippen molar-refractivity contribution in [2.45, 2.75) is 90.3 Å². The van der Waals surface area contributed by atoms with Gasteiger partial charge in [0.1, 0.15) is 0 Å². The van der Waals surface area contributed by atoms with E-state index in [1.807, 2.05) is 27.7 Å². The van der Waals surface area contributed by atoms with E-state index in [2.05, 4.69) is 0 Å². The fourth-order valence-electron chi connectivity index (χ4n) is 3.37. The summed E-state index contributed by atoms with van der Waals surface area (Å²) in [6.07, 6.45) is 6.67. The van der Waals surface area contributed by atoms with E-state index < -0.39 is 17.7 Å². The van der Waals surface area contributed by atoms with Gasteiger partial charge in [-0.1, -0.05) is 32.1 Å². The predicted octanol–water partition coefficient (Wildman–Crippen LogP) is 3.87. The van der Waals surface area contributed by atoms with Crippen LogP contribution in [0.3, 0.4) is 0 Å². The summed E-state index contributed by atoms with van der Waals surface area (Å²) in [4.78, 5) is 12.8. The van der Waals surface area contributed by atoms with Crippen LogP contribution in [0.2, 0.25) is 0 Å². The van der Waals surface area contributed by atoms with Crippen molar-refractivity contribution >= 4 is 6.09 Å². The Morgan fingerprint density at radius 3 is 2.25 bits per heavy atom. The van der Waals surface area contributed by atoms with Crippen molar-refractivity contribution in [1.29, 1.82) is 0 Å². The zero-order chi connectivity index (χ0) is 15.3. The molecule has 4 heteroatoms. The maximum absolute atomic E-state index is 11.4. The van der Waals surface area contributed by atoms with Crippen LogP contribution in [-0.2, 0) is 0 Å². The highest BCUT2D eigenvalue weighted by Crippen LogP contribution is 2.29. The highest BCUT2D eigenvalue weighted by Gasteiger charge is 2.34. The maximum atomic E-state index is 11.4. The molecule has 2 atom stereocenters. The molecule has 0 spiro atoms. The van der Waals surface area contributed by atoms with Gasteiger partial charge in [0, 0.05) is 5.54 Å². The summed E-state index contributed by atoms with van der Waals surface area (Å²) >= 11 is 0. The van der Waals surface area contributed by atoms with Crippen LogP contribution in [0.5, 0.6) is 0 Å². The van der Waals surface area contributed by atoms with E-state index >= 15 is 0 Å². The van der Waals surface area contributed by atoms with Crippen LogP contribution < -0.4 is 0 Å². The topological polar surface area (TPSA) is 60.8 Å². The molecule has 4 nitrogen and oxygen atoms in total. The molecule has 1 saturated carbocycles. The second-order valence-electron chi connectivity index (χ2n) is 7.21. The first kappa shape index (κ1) is 17.3. The van der Waals surface area contributed by atoms with Crippen LogP contribution in [-0.4, -0.2) is 38.9 Å². The monoisotopic (exact) mass is 285 g/mol. The van der Waals surface area contributed by atoms with E-state index in [0.717, 1.165) is 12.3 Å². The average Bonchev–Trinajstić information content (AvgIpc) is 2.34. The molecular formula is C16H31NO3. The molecule has 0 aromatic rings. The third kappa shape index (κ3) is 4.97. The Kier molecular flexibility index (Phi) is 6.31. The molecule has 1 aliphatic rings. The molecule has 1 rings (SSSR count). The Balaban J connectivity index is 2.51. The number of aliphatic hydroxyl groups excluding tert-OH is 1. The lowest BCUT2D eigenvalue weighted by atomic mass is 9.84. The molecule has 2 unspecified atom stereocenters. The largest absolute Gasteiger partial charge is 0.465 e. The second-order valence-corrected chi connectivity index (χ2v) is 7.21. The summed E-state index contributed by atoms with van der Waals surface area (Å²) in [5, 5.41) is 19.7. The van der Waals surface area contributed by atoms with Gasteiger partial charge in [-0.15, -0.1) is 0 Å². The van der Waals surface area contributed by atoms with Crippen molar-refractivity contribution in [3.05, 3.63) is 0 Å². The molecule has 2 N–H and O–H groups in total. The Hall–Kier alpha value is -0.770. The number of nitrogens with zero attached hydrogens (tertiary/aromatic N) is 1. The Bertz CT molecular complexity index is 305. The molecule has 118 valence electrons. The first-order chi connectivity index (χ1) is 9.23. The zero-order valence-corrected chi connectivity index (χ0v) is 13.4. The molecule has 1 amide bonds. The number of amides is 1. The van der Waals surface area contributed by atoms with Crippen molar-refractivity contribution in [3.63, 3.8) is 0 Å². The van der Waals surface area contributed by atoms with Gasteiger partial charge < -0.3 is 10.2 Å². The van der Waals surface area contributed by atoms with Gasteiger partial charge in [0.05, 0.1) is 12.1 Å². The molecule has 1 aliphatic carbocycles. The number of rotatable bonds is 5. The minimum Gasteiger partial charge on any atom is -0.465 e. The number of carbonyl (C=O) groups is 1. The molecule has 1 fully saturated rings. The summed E-state index contributed by atoms with van der Waals surface area (Å²) in [5.74, 6) is 0.721. The summed E-state index contributed by atoms with van der Waals surface area (Å²) in [7, 11) is 0. The minimum atomic E-state index is -0.957. The first-order valence-electron chi connectivity index (χ1n) is 7.94. The molecule has 0 saturated heterocycles. The van der Waals surface area contributed by atoms with Gasteiger partial charge in [-0.25, -0.2) is 4.79 Å². The van der Waals surface area contributed by atoms with E-state index in [1.165, 1.54) is 37.0 Å². The molecule has 0 aliphatic heterocycles. The van der Waals surface area contributed by atoms with Crippen molar-refractivity contribution < 1.29 is 15.0 Å². The van der Waals surface area contributed by atoms with Gasteiger partial charge in [0.25, 0.3) is 0 Å². The van der Waals surface area contributed by atoms with Crippen LogP contribution in [0.1, 0.15) is 72.6 Å². The van der Waals surface area contributed by atoms with Gasteiger partial charge in [0.15, 0.2) is 0 Å². The smallest absolute Gasteiger partial charge is 0.408 e. The van der Waals surface area contributed by atoms with Crippen LogP contribution >= 0.6 is 0 Å². The van der Waals surface area contributed by atoms with E-state index in [1.54, 1.807) is 0 Å². The zero-order valence-electron chi connectivity index (χ0n) is 13.4. The van der Waals surface area contributed by atoms with Gasteiger partial charge in [0.2, 0.25) is 0 Å². The summed E-state index contributed by atoms with van der Waals surface area (Å²) in [6.45, 7) is 7.41. The number of carboxylic acid groups (broad SMARTS) is 1. The summed E-state index contributed by atoms with van der Waals surface area (Å²) < 4.78 is 0. The molecule has 0 radical (unpaired) electrons. The van der Waals surface area contributed by atoms with E-state index in [0.29, 0.717) is 6.42 Å². The molecule has 0 aromatic heterocycles. The molecule has 20 heavy (non-hydrogen) atoms. The Labute approximate surface area is 123 Å². The fourth-order valence-corrected chi connectivity index (χ4v) is 3.37. The van der Waals surface area contributed by atoms with Crippen molar-refractivity contribution in [2.75, 3.05) is 0 Å². The first-order valence-corrected chi connectivity index (χ1v) is 7.94. The van der Waals surface area contributed by atoms with Gasteiger partial charge in [-0.2, -0.15) is 0 Å². The highest BCUT2D eigenvalue weighted by molar-refractivity contribution is 5.66. The van der Waals surface area contributed by atoms with Gasteiger partial charge in [-0.05, 0) is 46.5 Å². The number of aliphatic hydroxyl groups is 1. The maximum Gasteiger partial charge on any atom is 0.408 e. The lowest BCUT2D eigenvalue weighted by Crippen LogP contribution is -2.54. The third-order valence-corrected chi connectivity index (χ3v) is 4.49. The van der Waals surface area contributed by atoms with Crippen molar-refractivity contribution in [1.82, 2.24) is 4.90 Å². The Morgan fingerprint density at radius 2 is 1.80 bits per heavy atom. The van der Waals surface area contributed by atoms with Crippen LogP contribution in [0.15, 0.2) is 0 Å². The SMILES string of the molecule is CC(C(O)CCC1CCCCC1)N(C(=O)O)C(C)(C)C. The van der Waals surface area contributed by atoms with Crippen molar-refractivity contribution in [2.24, 2.45) is 5.92 Å². The minimum absolute atomic E-state index is 0.365. The van der Waals surface area contributed by atoms with Gasteiger partial charge >= 0.3 is 6.09 Å². The standard InChI is InChI=1S/C16H31NO3/c1-12(17(15(19)20)16(2,3)4)14(18)11-10-13-8-6-5-7-9-13/h12-14,18H,5-11H2,1-4H3,(H,19,20). The second kappa shape index (κ2) is 7.30. The quantitative estimate of drug-likeness (QED) is 0.806. The van der Waals surface area contributed by atoms with Crippen LogP contribution in [0.4, 0.5) is 4.79 Å². The van der Waals surface area contributed by atoms with E-state index in [-0.39, 0.29) is 6.04 Å². The van der Waals surface area contributed by atoms with E-state index in [4.69, 9.17) is 0 Å². The third-order valence-electron chi connectivity index (χ3n) is 4.49. The normalized spacial score (nSPS) is 20.4. The molecule has 0 heterocycles. The highest BCUT2D eigenvalue weighted by atomic mass is 16.4. The molecular weight excluding hydrogens is 254 g/mol. The van der Waals surface area contributed by atoms with Crippen LogP contribution in [0, 0.1) is 5.92 Å². The predicted molar refractivity (Wildman–Crippen MR) is 80.9 cm³/mol. The molecule has 0 aromatic carbocycles.